The summed E-state index contributed by atoms with van der Waals surface area (Å²) >= 11 is 0. The van der Waals surface area contributed by atoms with Gasteiger partial charge in [-0.25, -0.2) is 0 Å². The van der Waals surface area contributed by atoms with Crippen molar-refractivity contribution >= 4 is 24.8 Å². The van der Waals surface area contributed by atoms with Gasteiger partial charge in [0.2, 0.25) is 0 Å². The molecule has 2 aliphatic heterocycles. The van der Waals surface area contributed by atoms with Gasteiger partial charge in [-0.3, -0.25) is 0 Å². The lowest BCUT2D eigenvalue weighted by Crippen LogP contribution is -2.46. The van der Waals surface area contributed by atoms with E-state index in [0.717, 1.165) is 25.3 Å². The van der Waals surface area contributed by atoms with E-state index in [-0.39, 0.29) is 24.8 Å². The van der Waals surface area contributed by atoms with E-state index in [1.165, 1.54) is 38.8 Å². The van der Waals surface area contributed by atoms with E-state index in [9.17, 15) is 0 Å². The molecular formula is C10H22Cl2N2O. The second-order valence-corrected chi connectivity index (χ2v) is 4.08. The summed E-state index contributed by atoms with van der Waals surface area (Å²) in [7, 11) is 0. The molecule has 0 bridgehead atoms. The summed E-state index contributed by atoms with van der Waals surface area (Å²) in [6.45, 7) is 4.26. The van der Waals surface area contributed by atoms with E-state index in [1.807, 2.05) is 0 Å². The first kappa shape index (κ1) is 15.5. The van der Waals surface area contributed by atoms with E-state index in [4.69, 9.17) is 4.74 Å². The van der Waals surface area contributed by atoms with Gasteiger partial charge in [-0.05, 0) is 38.8 Å². The van der Waals surface area contributed by atoms with Crippen molar-refractivity contribution in [2.24, 2.45) is 0 Å². The summed E-state index contributed by atoms with van der Waals surface area (Å²) in [6, 6.07) is 1.47. The van der Waals surface area contributed by atoms with Crippen LogP contribution >= 0.6 is 24.8 Å². The standard InChI is InChI=1S/C10H20N2O.2ClH/c1-5-11-6-2-9(1)12-10-3-7-13-8-4-10;;/h9-12H,1-8H2;2*1H. The molecule has 0 unspecified atom stereocenters. The molecule has 2 heterocycles. The molecule has 3 nitrogen and oxygen atoms in total. The first-order valence-electron chi connectivity index (χ1n) is 5.49. The van der Waals surface area contributed by atoms with Crippen molar-refractivity contribution in [3.8, 4) is 0 Å². The molecule has 0 saturated carbocycles. The Morgan fingerprint density at radius 3 is 2.00 bits per heavy atom. The van der Waals surface area contributed by atoms with Gasteiger partial charge in [0.25, 0.3) is 0 Å². The lowest BCUT2D eigenvalue weighted by atomic mass is 10.0. The molecule has 0 atom stereocenters. The molecule has 0 aromatic rings. The molecule has 2 aliphatic rings. The Balaban J connectivity index is 0.000000980. The van der Waals surface area contributed by atoms with E-state index in [2.05, 4.69) is 10.6 Å². The molecule has 2 fully saturated rings. The van der Waals surface area contributed by atoms with Crippen LogP contribution in [0.4, 0.5) is 0 Å². The van der Waals surface area contributed by atoms with Crippen LogP contribution in [-0.4, -0.2) is 38.4 Å². The van der Waals surface area contributed by atoms with Gasteiger partial charge in [-0.2, -0.15) is 0 Å². The van der Waals surface area contributed by atoms with Crippen LogP contribution in [-0.2, 0) is 4.74 Å². The SMILES string of the molecule is C1CC(NC2CCOCC2)CCN1.Cl.Cl. The van der Waals surface area contributed by atoms with Crippen LogP contribution in [0.25, 0.3) is 0 Å². The highest BCUT2D eigenvalue weighted by Gasteiger charge is 2.19. The quantitative estimate of drug-likeness (QED) is 0.783. The fraction of sp³-hybridized carbons (Fsp3) is 1.00. The summed E-state index contributed by atoms with van der Waals surface area (Å²) in [5, 5.41) is 7.13. The molecular weight excluding hydrogens is 235 g/mol. The van der Waals surface area contributed by atoms with Crippen molar-refractivity contribution in [2.45, 2.75) is 37.8 Å². The topological polar surface area (TPSA) is 33.3 Å². The van der Waals surface area contributed by atoms with E-state index < -0.39 is 0 Å². The Labute approximate surface area is 105 Å². The van der Waals surface area contributed by atoms with Gasteiger partial charge in [0.05, 0.1) is 0 Å². The van der Waals surface area contributed by atoms with Crippen molar-refractivity contribution in [3.63, 3.8) is 0 Å². The number of hydrogen-bond donors (Lipinski definition) is 2. The van der Waals surface area contributed by atoms with Crippen LogP contribution in [0, 0.1) is 0 Å². The first-order chi connectivity index (χ1) is 6.45. The first-order valence-corrected chi connectivity index (χ1v) is 5.49. The third-order valence-electron chi connectivity index (χ3n) is 3.03. The lowest BCUT2D eigenvalue weighted by Gasteiger charge is -2.31. The number of ether oxygens (including phenoxy) is 1. The maximum atomic E-state index is 5.34. The van der Waals surface area contributed by atoms with Crippen LogP contribution in [0.15, 0.2) is 0 Å². The van der Waals surface area contributed by atoms with Gasteiger partial charge in [-0.15, -0.1) is 24.8 Å². The fourth-order valence-electron chi connectivity index (χ4n) is 2.19. The van der Waals surface area contributed by atoms with Crippen molar-refractivity contribution in [2.75, 3.05) is 26.3 Å². The maximum Gasteiger partial charge on any atom is 0.0480 e. The van der Waals surface area contributed by atoms with Gasteiger partial charge in [0, 0.05) is 25.3 Å². The van der Waals surface area contributed by atoms with Crippen molar-refractivity contribution in [1.29, 1.82) is 0 Å². The molecule has 0 radical (unpaired) electrons. The summed E-state index contributed by atoms with van der Waals surface area (Å²) in [6.07, 6.45) is 4.97. The minimum Gasteiger partial charge on any atom is -0.381 e. The Bertz CT molecular complexity index is 132. The van der Waals surface area contributed by atoms with Crippen LogP contribution in [0.2, 0.25) is 0 Å². The number of hydrogen-bond acceptors (Lipinski definition) is 3. The second-order valence-electron chi connectivity index (χ2n) is 4.08. The highest BCUT2D eigenvalue weighted by molar-refractivity contribution is 5.85. The second kappa shape index (κ2) is 8.59. The van der Waals surface area contributed by atoms with Gasteiger partial charge in [0.15, 0.2) is 0 Å². The molecule has 2 N–H and O–H groups in total. The summed E-state index contributed by atoms with van der Waals surface area (Å²) in [4.78, 5) is 0. The molecule has 15 heavy (non-hydrogen) atoms. The molecule has 2 rings (SSSR count). The third kappa shape index (κ3) is 5.36. The van der Waals surface area contributed by atoms with Gasteiger partial charge < -0.3 is 15.4 Å². The normalized spacial score (nSPS) is 24.0. The fourth-order valence-corrected chi connectivity index (χ4v) is 2.19. The predicted octanol–water partition coefficient (Wildman–Crippen LogP) is 1.35. The highest BCUT2D eigenvalue weighted by atomic mass is 35.5. The van der Waals surface area contributed by atoms with Gasteiger partial charge >= 0.3 is 0 Å². The summed E-state index contributed by atoms with van der Waals surface area (Å²) in [5.41, 5.74) is 0. The lowest BCUT2D eigenvalue weighted by molar-refractivity contribution is 0.0735. The zero-order valence-corrected chi connectivity index (χ0v) is 10.7. The monoisotopic (exact) mass is 256 g/mol. The molecule has 2 saturated heterocycles. The van der Waals surface area contributed by atoms with E-state index in [0.29, 0.717) is 0 Å². The van der Waals surface area contributed by atoms with Crippen molar-refractivity contribution < 1.29 is 4.74 Å². The minimum atomic E-state index is 0. The third-order valence-corrected chi connectivity index (χ3v) is 3.03. The molecule has 0 spiro atoms. The largest absolute Gasteiger partial charge is 0.381 e. The maximum absolute atomic E-state index is 5.34. The molecule has 0 aromatic carbocycles. The average molecular weight is 257 g/mol. The molecule has 0 aliphatic carbocycles. The molecule has 5 heteroatoms. The van der Waals surface area contributed by atoms with E-state index >= 15 is 0 Å². The minimum absolute atomic E-state index is 0. The number of nitrogens with one attached hydrogen (secondary N) is 2. The Morgan fingerprint density at radius 1 is 0.867 bits per heavy atom. The highest BCUT2D eigenvalue weighted by Crippen LogP contribution is 2.10. The van der Waals surface area contributed by atoms with Gasteiger partial charge in [-0.1, -0.05) is 0 Å². The van der Waals surface area contributed by atoms with Crippen LogP contribution in [0.1, 0.15) is 25.7 Å². The van der Waals surface area contributed by atoms with Crippen molar-refractivity contribution in [1.82, 2.24) is 10.6 Å². The molecule has 92 valence electrons. The van der Waals surface area contributed by atoms with Crippen LogP contribution in [0.3, 0.4) is 0 Å². The molecule has 0 aromatic heterocycles. The number of halogens is 2. The van der Waals surface area contributed by atoms with Crippen LogP contribution < -0.4 is 10.6 Å². The van der Waals surface area contributed by atoms with Crippen molar-refractivity contribution in [3.05, 3.63) is 0 Å². The Hall–Kier alpha value is 0.460. The zero-order chi connectivity index (χ0) is 8.93. The number of rotatable bonds is 2. The van der Waals surface area contributed by atoms with Gasteiger partial charge in [0.1, 0.15) is 0 Å². The van der Waals surface area contributed by atoms with E-state index in [1.54, 1.807) is 0 Å². The smallest absolute Gasteiger partial charge is 0.0480 e. The average Bonchev–Trinajstić information content (AvgIpc) is 2.21. The predicted molar refractivity (Wildman–Crippen MR) is 67.4 cm³/mol. The molecule has 0 amide bonds. The Kier molecular flexibility index (Phi) is 8.86. The Morgan fingerprint density at radius 2 is 1.40 bits per heavy atom. The summed E-state index contributed by atoms with van der Waals surface area (Å²) < 4.78 is 5.34. The van der Waals surface area contributed by atoms with Crippen LogP contribution in [0.5, 0.6) is 0 Å². The number of piperidine rings is 1. The zero-order valence-electron chi connectivity index (χ0n) is 9.04. The summed E-state index contributed by atoms with van der Waals surface area (Å²) in [5.74, 6) is 0.